The van der Waals surface area contributed by atoms with Crippen LogP contribution in [0.25, 0.3) is 0 Å². The second kappa shape index (κ2) is 12.3. The molecule has 2 amide bonds. The van der Waals surface area contributed by atoms with E-state index in [1.807, 2.05) is 6.92 Å². The van der Waals surface area contributed by atoms with Crippen molar-refractivity contribution < 1.29 is 19.1 Å². The molecule has 2 aromatic rings. The molecule has 0 saturated carbocycles. The highest BCUT2D eigenvalue weighted by atomic mass is 16.5. The third-order valence-electron chi connectivity index (χ3n) is 4.24. The Hall–Kier alpha value is -3.35. The molecule has 0 saturated heterocycles. The summed E-state index contributed by atoms with van der Waals surface area (Å²) in [5.74, 6) is -0.752. The Bertz CT molecular complexity index is 850. The van der Waals surface area contributed by atoms with Crippen LogP contribution in [0.1, 0.15) is 53.8 Å². The van der Waals surface area contributed by atoms with Crippen LogP contribution in [0.15, 0.2) is 48.5 Å². The Morgan fingerprint density at radius 1 is 0.900 bits per heavy atom. The Balaban J connectivity index is 1.84. The van der Waals surface area contributed by atoms with Gasteiger partial charge in [0.15, 0.2) is 0 Å². The minimum absolute atomic E-state index is 0.0429. The predicted molar refractivity (Wildman–Crippen MR) is 118 cm³/mol. The number of esters is 1. The zero-order valence-corrected chi connectivity index (χ0v) is 17.5. The number of nitrogens with one attached hydrogen (secondary N) is 3. The molecule has 0 heterocycles. The summed E-state index contributed by atoms with van der Waals surface area (Å²) in [4.78, 5) is 36.1. The van der Waals surface area contributed by atoms with E-state index in [9.17, 15) is 14.4 Å². The van der Waals surface area contributed by atoms with Gasteiger partial charge in [0.1, 0.15) is 0 Å². The molecule has 2 aromatic carbocycles. The number of ether oxygens (including phenoxy) is 1. The Morgan fingerprint density at radius 2 is 1.67 bits per heavy atom. The fraction of sp³-hybridized carbons (Fsp3) is 0.348. The normalized spacial score (nSPS) is 10.2. The zero-order chi connectivity index (χ0) is 21.8. The summed E-state index contributed by atoms with van der Waals surface area (Å²) in [5.41, 5.74) is 2.25. The van der Waals surface area contributed by atoms with Gasteiger partial charge in [-0.1, -0.05) is 26.3 Å². The van der Waals surface area contributed by atoms with Crippen molar-refractivity contribution in [2.24, 2.45) is 0 Å². The summed E-state index contributed by atoms with van der Waals surface area (Å²) in [5, 5.41) is 8.64. The molecule has 2 rings (SSSR count). The summed E-state index contributed by atoms with van der Waals surface area (Å²) >= 11 is 0. The molecule has 3 N–H and O–H groups in total. The first kappa shape index (κ1) is 22.9. The predicted octanol–water partition coefficient (Wildman–Crippen LogP) is 3.83. The Labute approximate surface area is 177 Å². The smallest absolute Gasteiger partial charge is 0.338 e. The van der Waals surface area contributed by atoms with E-state index in [1.165, 1.54) is 0 Å². The number of carbonyl (C=O) groups is 3. The topological polar surface area (TPSA) is 96.5 Å². The van der Waals surface area contributed by atoms with Crippen molar-refractivity contribution in [1.29, 1.82) is 0 Å². The molecule has 0 aliphatic heterocycles. The summed E-state index contributed by atoms with van der Waals surface area (Å²) in [6.07, 6.45) is 2.72. The third kappa shape index (κ3) is 7.58. The molecule has 7 heteroatoms. The van der Waals surface area contributed by atoms with Crippen LogP contribution in [0.5, 0.6) is 0 Å². The molecule has 0 unspecified atom stereocenters. The average molecular weight is 412 g/mol. The number of anilines is 2. The highest BCUT2D eigenvalue weighted by molar-refractivity contribution is 5.96. The maximum absolute atomic E-state index is 12.2. The third-order valence-corrected chi connectivity index (χ3v) is 4.24. The molecule has 7 nitrogen and oxygen atoms in total. The van der Waals surface area contributed by atoms with Crippen molar-refractivity contribution >= 4 is 29.2 Å². The van der Waals surface area contributed by atoms with E-state index in [2.05, 4.69) is 22.9 Å². The molecule has 30 heavy (non-hydrogen) atoms. The van der Waals surface area contributed by atoms with E-state index < -0.39 is 0 Å². The number of rotatable bonds is 11. The van der Waals surface area contributed by atoms with Gasteiger partial charge in [-0.25, -0.2) is 4.79 Å². The van der Waals surface area contributed by atoms with E-state index in [0.717, 1.165) is 19.3 Å². The van der Waals surface area contributed by atoms with Crippen molar-refractivity contribution in [3.8, 4) is 0 Å². The van der Waals surface area contributed by atoms with Gasteiger partial charge in [-0.2, -0.15) is 0 Å². The second-order valence-electron chi connectivity index (χ2n) is 6.81. The van der Waals surface area contributed by atoms with Gasteiger partial charge in [-0.3, -0.25) is 9.59 Å². The molecular weight excluding hydrogens is 382 g/mol. The van der Waals surface area contributed by atoms with Crippen LogP contribution in [0, 0.1) is 0 Å². The lowest BCUT2D eigenvalue weighted by molar-refractivity contribution is -0.114. The lowest BCUT2D eigenvalue weighted by atomic mass is 10.2. The molecule has 160 valence electrons. The standard InChI is InChI=1S/C23H29N3O4/c1-3-5-13-24-22(28)18-7-6-8-20(15-18)25-16-21(27)26-19-11-9-17(10-12-19)23(29)30-14-4-2/h6-12,15,25H,3-5,13-14,16H2,1-2H3,(H,24,28)(H,26,27). The first-order valence-corrected chi connectivity index (χ1v) is 10.2. The van der Waals surface area contributed by atoms with Crippen LogP contribution < -0.4 is 16.0 Å². The van der Waals surface area contributed by atoms with Gasteiger partial charge in [-0.05, 0) is 55.3 Å². The van der Waals surface area contributed by atoms with Crippen molar-refractivity contribution in [3.05, 3.63) is 59.7 Å². The number of hydrogen-bond donors (Lipinski definition) is 3. The number of amides is 2. The van der Waals surface area contributed by atoms with Gasteiger partial charge in [0, 0.05) is 23.5 Å². The Kier molecular flexibility index (Phi) is 9.37. The van der Waals surface area contributed by atoms with Crippen LogP contribution in [0.4, 0.5) is 11.4 Å². The van der Waals surface area contributed by atoms with E-state index in [4.69, 9.17) is 4.74 Å². The van der Waals surface area contributed by atoms with Crippen LogP contribution in [-0.2, 0) is 9.53 Å². The molecule has 0 aliphatic carbocycles. The molecule has 0 fully saturated rings. The van der Waals surface area contributed by atoms with Crippen LogP contribution in [0.3, 0.4) is 0 Å². The van der Waals surface area contributed by atoms with Crippen molar-refractivity contribution in [2.75, 3.05) is 30.3 Å². The molecule has 0 spiro atoms. The number of hydrogen-bond acceptors (Lipinski definition) is 5. The van der Waals surface area contributed by atoms with E-state index in [1.54, 1.807) is 48.5 Å². The van der Waals surface area contributed by atoms with Gasteiger partial charge >= 0.3 is 5.97 Å². The lowest BCUT2D eigenvalue weighted by Crippen LogP contribution is -2.25. The van der Waals surface area contributed by atoms with Gasteiger partial charge in [0.05, 0.1) is 18.7 Å². The van der Waals surface area contributed by atoms with Gasteiger partial charge in [0.25, 0.3) is 5.91 Å². The van der Waals surface area contributed by atoms with E-state index in [-0.39, 0.29) is 24.3 Å². The Morgan fingerprint density at radius 3 is 2.37 bits per heavy atom. The van der Waals surface area contributed by atoms with E-state index >= 15 is 0 Å². The van der Waals surface area contributed by atoms with Crippen LogP contribution in [-0.4, -0.2) is 37.5 Å². The lowest BCUT2D eigenvalue weighted by Gasteiger charge is -2.10. The minimum Gasteiger partial charge on any atom is -0.462 e. The van der Waals surface area contributed by atoms with E-state index in [0.29, 0.717) is 35.7 Å². The number of benzene rings is 2. The molecule has 0 atom stereocenters. The summed E-state index contributed by atoms with van der Waals surface area (Å²) < 4.78 is 5.07. The fourth-order valence-corrected chi connectivity index (χ4v) is 2.61. The van der Waals surface area contributed by atoms with Crippen molar-refractivity contribution in [2.45, 2.75) is 33.1 Å². The summed E-state index contributed by atoms with van der Waals surface area (Å²) in [7, 11) is 0. The number of unbranched alkanes of at least 4 members (excludes halogenated alkanes) is 1. The van der Waals surface area contributed by atoms with Gasteiger partial charge in [-0.15, -0.1) is 0 Å². The highest BCUT2D eigenvalue weighted by Gasteiger charge is 2.09. The average Bonchev–Trinajstić information content (AvgIpc) is 2.77. The first-order chi connectivity index (χ1) is 14.5. The first-order valence-electron chi connectivity index (χ1n) is 10.2. The highest BCUT2D eigenvalue weighted by Crippen LogP contribution is 2.12. The zero-order valence-electron chi connectivity index (χ0n) is 17.5. The summed E-state index contributed by atoms with van der Waals surface area (Å²) in [6, 6.07) is 13.6. The van der Waals surface area contributed by atoms with Gasteiger partial charge < -0.3 is 20.7 Å². The van der Waals surface area contributed by atoms with Crippen molar-refractivity contribution in [1.82, 2.24) is 5.32 Å². The fourth-order valence-electron chi connectivity index (χ4n) is 2.61. The quantitative estimate of drug-likeness (QED) is 0.386. The molecule has 0 bridgehead atoms. The number of carbonyl (C=O) groups excluding carboxylic acids is 3. The largest absolute Gasteiger partial charge is 0.462 e. The second-order valence-corrected chi connectivity index (χ2v) is 6.81. The monoisotopic (exact) mass is 411 g/mol. The van der Waals surface area contributed by atoms with Crippen molar-refractivity contribution in [3.63, 3.8) is 0 Å². The van der Waals surface area contributed by atoms with Crippen LogP contribution >= 0.6 is 0 Å². The summed E-state index contributed by atoms with van der Waals surface area (Å²) in [6.45, 7) is 5.06. The maximum atomic E-state index is 12.2. The molecule has 0 radical (unpaired) electrons. The SMILES string of the molecule is CCCCNC(=O)c1cccc(NCC(=O)Nc2ccc(C(=O)OCCC)cc2)c1. The van der Waals surface area contributed by atoms with Crippen LogP contribution in [0.2, 0.25) is 0 Å². The molecule has 0 aliphatic rings. The van der Waals surface area contributed by atoms with Gasteiger partial charge in [0.2, 0.25) is 5.91 Å². The minimum atomic E-state index is -0.380. The molecular formula is C23H29N3O4. The molecule has 0 aromatic heterocycles. The maximum Gasteiger partial charge on any atom is 0.338 e.